The summed E-state index contributed by atoms with van der Waals surface area (Å²) >= 11 is 1.84. The van der Waals surface area contributed by atoms with Crippen molar-refractivity contribution in [3.63, 3.8) is 0 Å². The van der Waals surface area contributed by atoms with Crippen LogP contribution in [0.5, 0.6) is 0 Å². The summed E-state index contributed by atoms with van der Waals surface area (Å²) in [6, 6.07) is -0.158. The monoisotopic (exact) mass is 204 g/mol. The number of thioether (sulfide) groups is 1. The van der Waals surface area contributed by atoms with Crippen LogP contribution in [0.1, 0.15) is 26.7 Å². The molecule has 13 heavy (non-hydrogen) atoms. The van der Waals surface area contributed by atoms with E-state index in [4.69, 9.17) is 5.73 Å². The van der Waals surface area contributed by atoms with Crippen molar-refractivity contribution < 1.29 is 4.79 Å². The first kappa shape index (κ1) is 12.8. The Labute approximate surface area is 84.8 Å². The Morgan fingerprint density at radius 3 is 2.62 bits per heavy atom. The third-order valence-corrected chi connectivity index (χ3v) is 3.14. The Hall–Kier alpha value is -0.220. The van der Waals surface area contributed by atoms with Crippen molar-refractivity contribution in [2.24, 2.45) is 5.73 Å². The van der Waals surface area contributed by atoms with Gasteiger partial charge in [-0.25, -0.2) is 0 Å². The quantitative estimate of drug-likeness (QED) is 0.650. The first-order valence-corrected chi connectivity index (χ1v) is 5.96. The van der Waals surface area contributed by atoms with Crippen LogP contribution in [-0.2, 0) is 4.79 Å². The number of primary amides is 1. The molecule has 0 aromatic carbocycles. The number of carbonyl (C=O) groups is 1. The van der Waals surface area contributed by atoms with Crippen molar-refractivity contribution in [3.8, 4) is 0 Å². The molecule has 0 aliphatic rings. The van der Waals surface area contributed by atoms with Gasteiger partial charge in [-0.15, -0.1) is 0 Å². The fourth-order valence-electron chi connectivity index (χ4n) is 1.02. The van der Waals surface area contributed by atoms with Gasteiger partial charge in [0.25, 0.3) is 0 Å². The molecule has 0 heterocycles. The fourth-order valence-corrected chi connectivity index (χ4v) is 1.38. The molecule has 0 aliphatic carbocycles. The summed E-state index contributed by atoms with van der Waals surface area (Å²) in [6.07, 6.45) is 3.93. The summed E-state index contributed by atoms with van der Waals surface area (Å²) in [6.45, 7) is 5.00. The van der Waals surface area contributed by atoms with Crippen LogP contribution in [0.2, 0.25) is 0 Å². The maximum Gasteiger partial charge on any atom is 0.234 e. The second kappa shape index (κ2) is 7.21. The predicted molar refractivity (Wildman–Crippen MR) is 58.9 cm³/mol. The molecule has 1 amide bonds. The number of nitrogens with two attached hydrogens (primary N) is 1. The molecule has 2 unspecified atom stereocenters. The second-order valence-electron chi connectivity index (χ2n) is 3.15. The summed E-state index contributed by atoms with van der Waals surface area (Å²) in [5.41, 5.74) is 5.19. The Kier molecular flexibility index (Phi) is 7.09. The Bertz CT molecular complexity index is 153. The molecule has 78 valence electrons. The molecule has 0 aliphatic heterocycles. The van der Waals surface area contributed by atoms with Crippen LogP contribution < -0.4 is 11.1 Å². The van der Waals surface area contributed by atoms with E-state index < -0.39 is 0 Å². The summed E-state index contributed by atoms with van der Waals surface area (Å²) in [5, 5.41) is 3.78. The zero-order chi connectivity index (χ0) is 10.3. The molecular formula is C9H20N2OS. The van der Waals surface area contributed by atoms with Crippen molar-refractivity contribution in [3.05, 3.63) is 0 Å². The first-order chi connectivity index (χ1) is 6.11. The van der Waals surface area contributed by atoms with E-state index in [1.165, 1.54) is 0 Å². The summed E-state index contributed by atoms with van der Waals surface area (Å²) < 4.78 is 0. The van der Waals surface area contributed by atoms with Crippen LogP contribution in [0.3, 0.4) is 0 Å². The van der Waals surface area contributed by atoms with Gasteiger partial charge in [0.1, 0.15) is 0 Å². The number of amides is 1. The van der Waals surface area contributed by atoms with Gasteiger partial charge in [-0.05, 0) is 25.6 Å². The van der Waals surface area contributed by atoms with Crippen LogP contribution in [0.4, 0.5) is 0 Å². The van der Waals surface area contributed by atoms with E-state index in [9.17, 15) is 4.79 Å². The highest BCUT2D eigenvalue weighted by atomic mass is 32.2. The molecule has 0 rings (SSSR count). The van der Waals surface area contributed by atoms with Gasteiger partial charge in [-0.2, -0.15) is 11.8 Å². The standard InChI is InChI=1S/C9H20N2OS/c1-4-8(9(10)12)11-6-5-7(2)13-3/h7-8,11H,4-6H2,1-3H3,(H2,10,12). The minimum atomic E-state index is -0.251. The number of rotatable bonds is 7. The van der Waals surface area contributed by atoms with Gasteiger partial charge < -0.3 is 11.1 Å². The van der Waals surface area contributed by atoms with Gasteiger partial charge >= 0.3 is 0 Å². The van der Waals surface area contributed by atoms with Gasteiger partial charge in [0.05, 0.1) is 6.04 Å². The van der Waals surface area contributed by atoms with Gasteiger partial charge in [0, 0.05) is 5.25 Å². The Morgan fingerprint density at radius 1 is 1.62 bits per heavy atom. The molecule has 3 nitrogen and oxygen atoms in total. The number of hydrogen-bond acceptors (Lipinski definition) is 3. The average molecular weight is 204 g/mol. The topological polar surface area (TPSA) is 55.1 Å². The van der Waals surface area contributed by atoms with E-state index in [-0.39, 0.29) is 11.9 Å². The van der Waals surface area contributed by atoms with Gasteiger partial charge in [0.2, 0.25) is 5.91 Å². The SMILES string of the molecule is CCC(NCCC(C)SC)C(N)=O. The zero-order valence-corrected chi connectivity index (χ0v) is 9.49. The van der Waals surface area contributed by atoms with Crippen molar-refractivity contribution in [1.29, 1.82) is 0 Å². The molecule has 0 aromatic rings. The molecule has 0 fully saturated rings. The van der Waals surface area contributed by atoms with Gasteiger partial charge in [-0.1, -0.05) is 13.8 Å². The molecule has 0 bridgehead atoms. The second-order valence-corrected chi connectivity index (χ2v) is 4.43. The number of carbonyl (C=O) groups excluding carboxylic acids is 1. The van der Waals surface area contributed by atoms with Crippen LogP contribution >= 0.6 is 11.8 Å². The molecule has 4 heteroatoms. The van der Waals surface area contributed by atoms with E-state index in [0.717, 1.165) is 19.4 Å². The minimum Gasteiger partial charge on any atom is -0.368 e. The molecular weight excluding hydrogens is 184 g/mol. The van der Waals surface area contributed by atoms with Crippen molar-refractivity contribution in [2.45, 2.75) is 38.0 Å². The predicted octanol–water partition coefficient (Wildman–Crippen LogP) is 0.981. The lowest BCUT2D eigenvalue weighted by Gasteiger charge is -2.14. The van der Waals surface area contributed by atoms with Crippen LogP contribution in [0, 0.1) is 0 Å². The Morgan fingerprint density at radius 2 is 2.23 bits per heavy atom. The van der Waals surface area contributed by atoms with Crippen LogP contribution in [0.25, 0.3) is 0 Å². The smallest absolute Gasteiger partial charge is 0.234 e. The third kappa shape index (κ3) is 5.93. The molecule has 0 radical (unpaired) electrons. The summed E-state index contributed by atoms with van der Waals surface area (Å²) in [5.74, 6) is -0.251. The largest absolute Gasteiger partial charge is 0.368 e. The van der Waals surface area contributed by atoms with E-state index in [1.54, 1.807) is 0 Å². The number of hydrogen-bond donors (Lipinski definition) is 2. The summed E-state index contributed by atoms with van der Waals surface area (Å²) in [4.78, 5) is 10.8. The first-order valence-electron chi connectivity index (χ1n) is 4.67. The van der Waals surface area contributed by atoms with E-state index in [0.29, 0.717) is 5.25 Å². The highest BCUT2D eigenvalue weighted by molar-refractivity contribution is 7.99. The lowest BCUT2D eigenvalue weighted by molar-refractivity contribution is -0.120. The molecule has 0 spiro atoms. The maximum atomic E-state index is 10.8. The lowest BCUT2D eigenvalue weighted by Crippen LogP contribution is -2.41. The molecule has 2 atom stereocenters. The normalized spacial score (nSPS) is 15.3. The molecule has 0 aromatic heterocycles. The van der Waals surface area contributed by atoms with Crippen molar-refractivity contribution in [1.82, 2.24) is 5.32 Å². The maximum absolute atomic E-state index is 10.8. The van der Waals surface area contributed by atoms with E-state index in [1.807, 2.05) is 18.7 Å². The summed E-state index contributed by atoms with van der Waals surface area (Å²) in [7, 11) is 0. The lowest BCUT2D eigenvalue weighted by atomic mass is 10.2. The van der Waals surface area contributed by atoms with Crippen LogP contribution in [0.15, 0.2) is 0 Å². The molecule has 0 saturated heterocycles. The van der Waals surface area contributed by atoms with Crippen molar-refractivity contribution >= 4 is 17.7 Å². The highest BCUT2D eigenvalue weighted by Gasteiger charge is 2.11. The third-order valence-electron chi connectivity index (χ3n) is 2.10. The zero-order valence-electron chi connectivity index (χ0n) is 8.67. The molecule has 0 saturated carbocycles. The fraction of sp³-hybridized carbons (Fsp3) is 0.889. The molecule has 3 N–H and O–H groups in total. The average Bonchev–Trinajstić information content (AvgIpc) is 2.11. The highest BCUT2D eigenvalue weighted by Crippen LogP contribution is 2.08. The number of nitrogens with one attached hydrogen (secondary N) is 1. The Balaban J connectivity index is 3.55. The van der Waals surface area contributed by atoms with Crippen molar-refractivity contribution in [2.75, 3.05) is 12.8 Å². The van der Waals surface area contributed by atoms with E-state index in [2.05, 4.69) is 18.5 Å². The van der Waals surface area contributed by atoms with Crippen LogP contribution in [-0.4, -0.2) is 30.0 Å². The minimum absolute atomic E-state index is 0.158. The van der Waals surface area contributed by atoms with E-state index >= 15 is 0 Å². The van der Waals surface area contributed by atoms with Gasteiger partial charge in [0.15, 0.2) is 0 Å². The van der Waals surface area contributed by atoms with Gasteiger partial charge in [-0.3, -0.25) is 4.79 Å².